The van der Waals surface area contributed by atoms with Crippen molar-refractivity contribution < 1.29 is 10.2 Å². The second-order valence-corrected chi connectivity index (χ2v) is 5.82. The zero-order chi connectivity index (χ0) is 11.9. The van der Waals surface area contributed by atoms with E-state index in [0.29, 0.717) is 11.8 Å². The first-order valence-corrected chi connectivity index (χ1v) is 6.16. The van der Waals surface area contributed by atoms with Crippen molar-refractivity contribution in [2.45, 2.75) is 65.9 Å². The van der Waals surface area contributed by atoms with Crippen LogP contribution in [0.3, 0.4) is 0 Å². The minimum Gasteiger partial charge on any atom is -0.396 e. The van der Waals surface area contributed by atoms with E-state index in [1.807, 2.05) is 0 Å². The van der Waals surface area contributed by atoms with Crippen LogP contribution in [0.4, 0.5) is 0 Å². The first-order valence-electron chi connectivity index (χ1n) is 6.16. The lowest BCUT2D eigenvalue weighted by atomic mass is 9.79. The van der Waals surface area contributed by atoms with E-state index in [0.717, 1.165) is 25.2 Å². The topological polar surface area (TPSA) is 40.5 Å². The van der Waals surface area contributed by atoms with Crippen LogP contribution in [0.5, 0.6) is 0 Å². The van der Waals surface area contributed by atoms with Crippen LogP contribution in [0, 0.1) is 11.3 Å². The van der Waals surface area contributed by atoms with E-state index in [2.05, 4.69) is 27.7 Å². The molecule has 2 heteroatoms. The summed E-state index contributed by atoms with van der Waals surface area (Å²) < 4.78 is 0. The predicted octanol–water partition coefficient (Wildman–Crippen LogP) is 2.97. The third-order valence-corrected chi connectivity index (χ3v) is 2.81. The molecule has 0 saturated carbocycles. The molecule has 2 N–H and O–H groups in total. The fourth-order valence-electron chi connectivity index (χ4n) is 2.32. The van der Waals surface area contributed by atoms with Crippen molar-refractivity contribution in [3.63, 3.8) is 0 Å². The number of hydrogen-bond acceptors (Lipinski definition) is 2. The van der Waals surface area contributed by atoms with Gasteiger partial charge in [0, 0.05) is 6.61 Å². The lowest BCUT2D eigenvalue weighted by Gasteiger charge is -2.27. The molecule has 0 aromatic carbocycles. The van der Waals surface area contributed by atoms with Gasteiger partial charge in [-0.05, 0) is 37.0 Å². The molecular formula is C13H28O2. The molecular weight excluding hydrogens is 188 g/mol. The molecule has 0 heterocycles. The molecule has 0 radical (unpaired) electrons. The Morgan fingerprint density at radius 1 is 1.13 bits per heavy atom. The van der Waals surface area contributed by atoms with Gasteiger partial charge in [-0.3, -0.25) is 0 Å². The average Bonchev–Trinajstić information content (AvgIpc) is 2.01. The van der Waals surface area contributed by atoms with Crippen LogP contribution >= 0.6 is 0 Å². The van der Waals surface area contributed by atoms with Crippen LogP contribution in [-0.4, -0.2) is 22.9 Å². The molecule has 1 atom stereocenters. The summed E-state index contributed by atoms with van der Waals surface area (Å²) in [6.45, 7) is 9.19. The molecule has 0 aliphatic heterocycles. The van der Waals surface area contributed by atoms with Gasteiger partial charge in [0.05, 0.1) is 6.10 Å². The maximum atomic E-state index is 9.47. The molecule has 15 heavy (non-hydrogen) atoms. The Labute approximate surface area is 94.7 Å². The van der Waals surface area contributed by atoms with Crippen LogP contribution < -0.4 is 0 Å². The standard InChI is InChI=1S/C13H28O2/c1-11(2)10-13(3,4)8-5-6-12(15)7-9-14/h11-12,14-15H,5-10H2,1-4H3. The number of rotatable bonds is 8. The second kappa shape index (κ2) is 7.24. The summed E-state index contributed by atoms with van der Waals surface area (Å²) in [5.74, 6) is 0.738. The van der Waals surface area contributed by atoms with Gasteiger partial charge in [-0.25, -0.2) is 0 Å². The molecule has 1 unspecified atom stereocenters. The summed E-state index contributed by atoms with van der Waals surface area (Å²) >= 11 is 0. The monoisotopic (exact) mass is 216 g/mol. The van der Waals surface area contributed by atoms with Crippen LogP contribution in [0.1, 0.15) is 59.8 Å². The molecule has 0 fully saturated rings. The Hall–Kier alpha value is -0.0800. The summed E-state index contributed by atoms with van der Waals surface area (Å²) in [5.41, 5.74) is 0.382. The Morgan fingerprint density at radius 2 is 1.73 bits per heavy atom. The number of aliphatic hydroxyl groups is 2. The van der Waals surface area contributed by atoms with Gasteiger partial charge in [-0.1, -0.05) is 34.1 Å². The van der Waals surface area contributed by atoms with Crippen molar-refractivity contribution in [2.24, 2.45) is 11.3 Å². The molecule has 0 aromatic rings. The van der Waals surface area contributed by atoms with Crippen molar-refractivity contribution >= 4 is 0 Å². The number of aliphatic hydroxyl groups excluding tert-OH is 2. The Morgan fingerprint density at radius 3 is 2.20 bits per heavy atom. The van der Waals surface area contributed by atoms with Crippen LogP contribution in [-0.2, 0) is 0 Å². The van der Waals surface area contributed by atoms with Crippen molar-refractivity contribution in [1.82, 2.24) is 0 Å². The first kappa shape index (κ1) is 14.9. The van der Waals surface area contributed by atoms with Crippen molar-refractivity contribution in [2.75, 3.05) is 6.61 Å². The highest BCUT2D eigenvalue weighted by Crippen LogP contribution is 2.31. The highest BCUT2D eigenvalue weighted by molar-refractivity contribution is 4.71. The van der Waals surface area contributed by atoms with Crippen molar-refractivity contribution in [3.05, 3.63) is 0 Å². The van der Waals surface area contributed by atoms with E-state index in [1.54, 1.807) is 0 Å². The SMILES string of the molecule is CC(C)CC(C)(C)CCCC(O)CCO. The Bertz CT molecular complexity index is 153. The van der Waals surface area contributed by atoms with Gasteiger partial charge in [0.1, 0.15) is 0 Å². The quantitative estimate of drug-likeness (QED) is 0.655. The van der Waals surface area contributed by atoms with Gasteiger partial charge in [0.15, 0.2) is 0 Å². The van der Waals surface area contributed by atoms with Crippen molar-refractivity contribution in [3.8, 4) is 0 Å². The number of hydrogen-bond donors (Lipinski definition) is 2. The fourth-order valence-corrected chi connectivity index (χ4v) is 2.32. The minimum absolute atomic E-state index is 0.0938. The molecule has 0 aliphatic rings. The zero-order valence-electron chi connectivity index (χ0n) is 10.8. The van der Waals surface area contributed by atoms with Gasteiger partial charge in [0.25, 0.3) is 0 Å². The zero-order valence-corrected chi connectivity index (χ0v) is 10.8. The van der Waals surface area contributed by atoms with E-state index in [1.165, 1.54) is 6.42 Å². The van der Waals surface area contributed by atoms with Gasteiger partial charge in [0.2, 0.25) is 0 Å². The van der Waals surface area contributed by atoms with Crippen molar-refractivity contribution in [1.29, 1.82) is 0 Å². The van der Waals surface area contributed by atoms with E-state index in [-0.39, 0.29) is 12.7 Å². The minimum atomic E-state index is -0.315. The molecule has 0 aromatic heterocycles. The molecule has 0 rings (SSSR count). The molecule has 92 valence electrons. The Kier molecular flexibility index (Phi) is 7.20. The molecule has 0 saturated heterocycles. The lowest BCUT2D eigenvalue weighted by molar-refractivity contribution is 0.117. The lowest BCUT2D eigenvalue weighted by Crippen LogP contribution is -2.16. The van der Waals surface area contributed by atoms with Gasteiger partial charge < -0.3 is 10.2 Å². The predicted molar refractivity (Wildman–Crippen MR) is 64.8 cm³/mol. The largest absolute Gasteiger partial charge is 0.396 e. The molecule has 0 bridgehead atoms. The first-order chi connectivity index (χ1) is 6.87. The van der Waals surface area contributed by atoms with E-state index in [9.17, 15) is 5.11 Å². The molecule has 0 amide bonds. The summed E-state index contributed by atoms with van der Waals surface area (Å²) in [6.07, 6.45) is 4.48. The van der Waals surface area contributed by atoms with Gasteiger partial charge >= 0.3 is 0 Å². The van der Waals surface area contributed by atoms with Crippen LogP contribution in [0.2, 0.25) is 0 Å². The molecule has 0 spiro atoms. The highest BCUT2D eigenvalue weighted by atomic mass is 16.3. The Balaban J connectivity index is 3.65. The van der Waals surface area contributed by atoms with Gasteiger partial charge in [-0.15, -0.1) is 0 Å². The maximum absolute atomic E-state index is 9.47. The third kappa shape index (κ3) is 8.88. The third-order valence-electron chi connectivity index (χ3n) is 2.81. The van der Waals surface area contributed by atoms with Crippen LogP contribution in [0.15, 0.2) is 0 Å². The summed E-state index contributed by atoms with van der Waals surface area (Å²) in [5, 5.41) is 18.1. The van der Waals surface area contributed by atoms with Gasteiger partial charge in [-0.2, -0.15) is 0 Å². The van der Waals surface area contributed by atoms with E-state index >= 15 is 0 Å². The molecule has 2 nitrogen and oxygen atoms in total. The van der Waals surface area contributed by atoms with E-state index in [4.69, 9.17) is 5.11 Å². The smallest absolute Gasteiger partial charge is 0.0562 e. The maximum Gasteiger partial charge on any atom is 0.0562 e. The molecule has 0 aliphatic carbocycles. The normalized spacial score (nSPS) is 14.6. The van der Waals surface area contributed by atoms with E-state index < -0.39 is 0 Å². The second-order valence-electron chi connectivity index (χ2n) is 5.82. The highest BCUT2D eigenvalue weighted by Gasteiger charge is 2.19. The van der Waals surface area contributed by atoms with Crippen LogP contribution in [0.25, 0.3) is 0 Å². The summed E-state index contributed by atoms with van der Waals surface area (Å²) in [7, 11) is 0. The summed E-state index contributed by atoms with van der Waals surface area (Å²) in [6, 6.07) is 0. The fraction of sp³-hybridized carbons (Fsp3) is 1.00. The average molecular weight is 216 g/mol. The summed E-state index contributed by atoms with van der Waals surface area (Å²) in [4.78, 5) is 0.